The second-order valence-corrected chi connectivity index (χ2v) is 6.98. The summed E-state index contributed by atoms with van der Waals surface area (Å²) < 4.78 is 16.6. The van der Waals surface area contributed by atoms with Crippen molar-refractivity contribution in [3.63, 3.8) is 0 Å². The number of hydrogen-bond donors (Lipinski definition) is 0. The SMILES string of the molecule is CCOC(=O)C(C)(CC)COC1C2CC(C)C(C2)C1OC=O. The lowest BCUT2D eigenvalue weighted by molar-refractivity contribution is -0.168. The monoisotopic (exact) mass is 312 g/mol. The Hall–Kier alpha value is -1.10. The van der Waals surface area contributed by atoms with Crippen LogP contribution in [0, 0.1) is 23.2 Å². The summed E-state index contributed by atoms with van der Waals surface area (Å²) in [6.07, 6.45) is 2.55. The van der Waals surface area contributed by atoms with Gasteiger partial charge in [-0.15, -0.1) is 0 Å². The van der Waals surface area contributed by atoms with Crippen LogP contribution in [0.2, 0.25) is 0 Å². The molecule has 6 unspecified atom stereocenters. The first-order chi connectivity index (χ1) is 10.5. The molecule has 0 aromatic carbocycles. The van der Waals surface area contributed by atoms with Crippen molar-refractivity contribution >= 4 is 12.4 Å². The van der Waals surface area contributed by atoms with E-state index >= 15 is 0 Å². The highest BCUT2D eigenvalue weighted by atomic mass is 16.6. The molecule has 2 bridgehead atoms. The molecule has 0 amide bonds. The summed E-state index contributed by atoms with van der Waals surface area (Å²) in [5.41, 5.74) is -0.644. The average molecular weight is 312 g/mol. The zero-order chi connectivity index (χ0) is 16.3. The molecule has 22 heavy (non-hydrogen) atoms. The number of hydrogen-bond acceptors (Lipinski definition) is 5. The van der Waals surface area contributed by atoms with E-state index in [1.54, 1.807) is 6.92 Å². The molecular weight excluding hydrogens is 284 g/mol. The van der Waals surface area contributed by atoms with Crippen LogP contribution in [0.25, 0.3) is 0 Å². The lowest BCUT2D eigenvalue weighted by Gasteiger charge is -2.35. The van der Waals surface area contributed by atoms with E-state index in [0.717, 1.165) is 12.8 Å². The summed E-state index contributed by atoms with van der Waals surface area (Å²) in [6, 6.07) is 0. The molecule has 0 N–H and O–H groups in total. The molecule has 0 radical (unpaired) electrons. The normalized spacial score (nSPS) is 35.9. The topological polar surface area (TPSA) is 61.8 Å². The van der Waals surface area contributed by atoms with Crippen molar-refractivity contribution in [2.75, 3.05) is 13.2 Å². The van der Waals surface area contributed by atoms with Crippen molar-refractivity contribution in [1.82, 2.24) is 0 Å². The summed E-state index contributed by atoms with van der Waals surface area (Å²) in [5.74, 6) is 1.16. The van der Waals surface area contributed by atoms with Gasteiger partial charge in [-0.3, -0.25) is 9.59 Å². The summed E-state index contributed by atoms with van der Waals surface area (Å²) >= 11 is 0. The minimum atomic E-state index is -0.644. The number of fused-ring (bicyclic) bond motifs is 2. The van der Waals surface area contributed by atoms with Crippen molar-refractivity contribution < 1.29 is 23.8 Å². The maximum absolute atomic E-state index is 12.1. The molecule has 2 aliphatic carbocycles. The standard InChI is InChI=1S/C17H28O5/c1-5-17(4,16(19)20-6-2)9-21-14-12-7-11(3)13(8-12)15(14)22-10-18/h10-15H,5-9H2,1-4H3. The van der Waals surface area contributed by atoms with Crippen molar-refractivity contribution in [2.45, 2.75) is 59.2 Å². The number of carbonyl (C=O) groups is 2. The summed E-state index contributed by atoms with van der Waals surface area (Å²) in [5, 5.41) is 0. The van der Waals surface area contributed by atoms with E-state index in [-0.39, 0.29) is 18.2 Å². The molecular formula is C17H28O5. The maximum Gasteiger partial charge on any atom is 0.314 e. The fourth-order valence-corrected chi connectivity index (χ4v) is 3.93. The highest BCUT2D eigenvalue weighted by Gasteiger charge is 2.53. The van der Waals surface area contributed by atoms with Gasteiger partial charge in [-0.05, 0) is 44.9 Å². The van der Waals surface area contributed by atoms with E-state index in [1.807, 2.05) is 13.8 Å². The molecule has 2 aliphatic rings. The quantitative estimate of drug-likeness (QED) is 0.509. The van der Waals surface area contributed by atoms with Crippen LogP contribution < -0.4 is 0 Å². The van der Waals surface area contributed by atoms with Crippen LogP contribution in [0.5, 0.6) is 0 Å². The van der Waals surface area contributed by atoms with Crippen molar-refractivity contribution in [3.8, 4) is 0 Å². The highest BCUT2D eigenvalue weighted by Crippen LogP contribution is 2.51. The molecule has 6 atom stereocenters. The van der Waals surface area contributed by atoms with Gasteiger partial charge < -0.3 is 14.2 Å². The predicted molar refractivity (Wildman–Crippen MR) is 81.1 cm³/mol. The van der Waals surface area contributed by atoms with E-state index in [2.05, 4.69) is 6.92 Å². The maximum atomic E-state index is 12.1. The third-order valence-corrected chi connectivity index (χ3v) is 5.55. The first kappa shape index (κ1) is 17.3. The van der Waals surface area contributed by atoms with Gasteiger partial charge in [-0.2, -0.15) is 0 Å². The Morgan fingerprint density at radius 1 is 1.27 bits per heavy atom. The van der Waals surface area contributed by atoms with Crippen LogP contribution >= 0.6 is 0 Å². The predicted octanol–water partition coefficient (Wildman–Crippen LogP) is 2.57. The Balaban J connectivity index is 2.00. The Morgan fingerprint density at radius 3 is 2.59 bits per heavy atom. The lowest BCUT2D eigenvalue weighted by atomic mass is 9.85. The van der Waals surface area contributed by atoms with Gasteiger partial charge in [0, 0.05) is 5.92 Å². The van der Waals surface area contributed by atoms with Crippen LogP contribution in [0.4, 0.5) is 0 Å². The van der Waals surface area contributed by atoms with E-state index in [9.17, 15) is 9.59 Å². The number of ether oxygens (including phenoxy) is 3. The molecule has 0 spiro atoms. The van der Waals surface area contributed by atoms with Gasteiger partial charge >= 0.3 is 5.97 Å². The van der Waals surface area contributed by atoms with Gasteiger partial charge in [0.05, 0.1) is 24.7 Å². The minimum absolute atomic E-state index is 0.0910. The Bertz CT molecular complexity index is 410. The smallest absolute Gasteiger partial charge is 0.314 e. The summed E-state index contributed by atoms with van der Waals surface area (Å²) in [7, 11) is 0. The Kier molecular flexibility index (Phi) is 5.48. The molecule has 0 aromatic heterocycles. The summed E-state index contributed by atoms with van der Waals surface area (Å²) in [4.78, 5) is 22.9. The molecule has 2 rings (SSSR count). The van der Waals surface area contributed by atoms with Crippen LogP contribution in [0.15, 0.2) is 0 Å². The van der Waals surface area contributed by atoms with Crippen LogP contribution in [0.1, 0.15) is 47.0 Å². The van der Waals surface area contributed by atoms with Gasteiger partial charge in [-0.1, -0.05) is 13.8 Å². The molecule has 0 aromatic rings. The molecule has 0 heterocycles. The zero-order valence-corrected chi connectivity index (χ0v) is 14.0. The largest absolute Gasteiger partial charge is 0.466 e. The second kappa shape index (κ2) is 6.99. The van der Waals surface area contributed by atoms with Gasteiger partial charge in [0.2, 0.25) is 0 Å². The molecule has 2 saturated carbocycles. The highest BCUT2D eigenvalue weighted by molar-refractivity contribution is 5.76. The van der Waals surface area contributed by atoms with Crippen LogP contribution in [0.3, 0.4) is 0 Å². The molecule has 2 fully saturated rings. The molecule has 126 valence electrons. The second-order valence-electron chi connectivity index (χ2n) is 6.98. The number of rotatable bonds is 8. The van der Waals surface area contributed by atoms with Crippen molar-refractivity contribution in [3.05, 3.63) is 0 Å². The zero-order valence-electron chi connectivity index (χ0n) is 14.0. The average Bonchev–Trinajstić information content (AvgIpc) is 3.02. The van der Waals surface area contributed by atoms with E-state index in [1.165, 1.54) is 0 Å². The molecule has 0 aliphatic heterocycles. The van der Waals surface area contributed by atoms with Gasteiger partial charge in [0.1, 0.15) is 6.10 Å². The van der Waals surface area contributed by atoms with E-state index in [0.29, 0.717) is 43.9 Å². The van der Waals surface area contributed by atoms with Crippen LogP contribution in [-0.2, 0) is 23.8 Å². The number of carbonyl (C=O) groups excluding carboxylic acids is 2. The fraction of sp³-hybridized carbons (Fsp3) is 0.882. The third-order valence-electron chi connectivity index (χ3n) is 5.55. The van der Waals surface area contributed by atoms with Crippen molar-refractivity contribution in [2.24, 2.45) is 23.2 Å². The van der Waals surface area contributed by atoms with E-state index in [4.69, 9.17) is 14.2 Å². The molecule has 0 saturated heterocycles. The van der Waals surface area contributed by atoms with Gasteiger partial charge in [0.15, 0.2) is 0 Å². The van der Waals surface area contributed by atoms with Gasteiger partial charge in [0.25, 0.3) is 6.47 Å². The minimum Gasteiger partial charge on any atom is -0.466 e. The fourth-order valence-electron chi connectivity index (χ4n) is 3.93. The lowest BCUT2D eigenvalue weighted by Crippen LogP contribution is -2.43. The molecule has 5 nitrogen and oxygen atoms in total. The Morgan fingerprint density at radius 2 is 2.00 bits per heavy atom. The third kappa shape index (κ3) is 3.14. The van der Waals surface area contributed by atoms with Gasteiger partial charge in [-0.25, -0.2) is 0 Å². The van der Waals surface area contributed by atoms with Crippen LogP contribution in [-0.4, -0.2) is 37.9 Å². The number of esters is 1. The van der Waals surface area contributed by atoms with Crippen molar-refractivity contribution in [1.29, 1.82) is 0 Å². The van der Waals surface area contributed by atoms with E-state index < -0.39 is 5.41 Å². The Labute approximate surface area is 132 Å². The molecule has 5 heteroatoms. The first-order valence-electron chi connectivity index (χ1n) is 8.34. The first-order valence-corrected chi connectivity index (χ1v) is 8.34. The summed E-state index contributed by atoms with van der Waals surface area (Å²) in [6.45, 7) is 9.05.